The number of benzene rings is 8. The molecular formula is C50H30N4S. The summed E-state index contributed by atoms with van der Waals surface area (Å²) < 4.78 is 5.83. The Kier molecular flexibility index (Phi) is 6.47. The van der Waals surface area contributed by atoms with E-state index in [1.807, 2.05) is 0 Å². The maximum absolute atomic E-state index is 5.61. The summed E-state index contributed by atoms with van der Waals surface area (Å²) in [6.07, 6.45) is 0. The van der Waals surface area contributed by atoms with Gasteiger partial charge < -0.3 is 4.57 Å². The minimum atomic E-state index is 0.669. The Morgan fingerprint density at radius 3 is 1.78 bits per heavy atom. The number of nitrogens with zero attached hydrogens (tertiary/aromatic N) is 4. The topological polar surface area (TPSA) is 35.6 Å². The second kappa shape index (κ2) is 11.7. The molecule has 4 nitrogen and oxygen atoms in total. The highest BCUT2D eigenvalue weighted by atomic mass is 32.1. The average molecular weight is 719 g/mol. The van der Waals surface area contributed by atoms with E-state index in [9.17, 15) is 0 Å². The van der Waals surface area contributed by atoms with Crippen LogP contribution < -0.4 is 0 Å². The first kappa shape index (κ1) is 30.4. The Balaban J connectivity index is 1.19. The molecule has 8 aromatic carbocycles. The van der Waals surface area contributed by atoms with Crippen LogP contribution in [0.1, 0.15) is 0 Å². The van der Waals surface area contributed by atoms with Crippen molar-refractivity contribution in [2.24, 2.45) is 0 Å². The fourth-order valence-corrected chi connectivity index (χ4v) is 9.74. The molecule has 4 heterocycles. The molecule has 256 valence electrons. The molecule has 4 aromatic heterocycles. The van der Waals surface area contributed by atoms with Crippen molar-refractivity contribution in [2.75, 3.05) is 0 Å². The SMILES string of the molecule is c1ccc(-c2ccc3c(c2)sc2nc(-n4c5ccccc5c5cc6ccccc6cc54)nc(-c4ccc5c6ccccc6n(-c6ccccc6)c5c4)c23)cc1. The maximum atomic E-state index is 5.61. The first-order valence-corrected chi connectivity index (χ1v) is 19.4. The third-order valence-corrected chi connectivity index (χ3v) is 12.2. The van der Waals surface area contributed by atoms with Crippen molar-refractivity contribution in [1.82, 2.24) is 19.1 Å². The van der Waals surface area contributed by atoms with Crippen molar-refractivity contribution in [2.45, 2.75) is 0 Å². The summed E-state index contributed by atoms with van der Waals surface area (Å²) in [5.74, 6) is 0.669. The molecule has 0 saturated carbocycles. The lowest BCUT2D eigenvalue weighted by atomic mass is 10.0. The van der Waals surface area contributed by atoms with E-state index in [2.05, 4.69) is 191 Å². The van der Waals surface area contributed by atoms with Gasteiger partial charge in [0.2, 0.25) is 5.95 Å². The predicted molar refractivity (Wildman–Crippen MR) is 232 cm³/mol. The summed E-state index contributed by atoms with van der Waals surface area (Å²) in [5, 5.41) is 9.47. The lowest BCUT2D eigenvalue weighted by Crippen LogP contribution is -2.02. The van der Waals surface area contributed by atoms with Crippen molar-refractivity contribution in [3.63, 3.8) is 0 Å². The fourth-order valence-electron chi connectivity index (χ4n) is 8.63. The van der Waals surface area contributed by atoms with E-state index in [4.69, 9.17) is 9.97 Å². The van der Waals surface area contributed by atoms with Gasteiger partial charge in [-0.05, 0) is 70.4 Å². The summed E-state index contributed by atoms with van der Waals surface area (Å²) in [4.78, 5) is 12.0. The van der Waals surface area contributed by atoms with Gasteiger partial charge in [0.15, 0.2) is 0 Å². The van der Waals surface area contributed by atoms with Gasteiger partial charge in [-0.1, -0.05) is 133 Å². The number of aromatic nitrogens is 4. The Bertz CT molecular complexity index is 3480. The Labute approximate surface area is 319 Å². The van der Waals surface area contributed by atoms with Gasteiger partial charge in [0, 0.05) is 48.3 Å². The number of hydrogen-bond donors (Lipinski definition) is 0. The molecule has 0 radical (unpaired) electrons. The predicted octanol–water partition coefficient (Wildman–Crippen LogP) is 13.5. The minimum Gasteiger partial charge on any atom is -0.309 e. The zero-order valence-corrected chi connectivity index (χ0v) is 30.3. The molecular weight excluding hydrogens is 689 g/mol. The number of hydrogen-bond acceptors (Lipinski definition) is 3. The molecule has 0 spiro atoms. The second-order valence-electron chi connectivity index (χ2n) is 14.2. The van der Waals surface area contributed by atoms with E-state index in [1.54, 1.807) is 11.3 Å². The zero-order chi connectivity index (χ0) is 36.0. The smallest absolute Gasteiger partial charge is 0.236 e. The van der Waals surface area contributed by atoms with Crippen molar-refractivity contribution in [1.29, 1.82) is 0 Å². The summed E-state index contributed by atoms with van der Waals surface area (Å²) in [5.41, 5.74) is 10.0. The molecule has 12 aromatic rings. The van der Waals surface area contributed by atoms with Crippen molar-refractivity contribution < 1.29 is 0 Å². The summed E-state index contributed by atoms with van der Waals surface area (Å²) in [6, 6.07) is 65.4. The number of rotatable bonds is 4. The van der Waals surface area contributed by atoms with Gasteiger partial charge in [-0.3, -0.25) is 4.57 Å². The van der Waals surface area contributed by atoms with Crippen LogP contribution in [0.4, 0.5) is 0 Å². The molecule has 0 aliphatic rings. The summed E-state index contributed by atoms with van der Waals surface area (Å²) >= 11 is 1.74. The second-order valence-corrected chi connectivity index (χ2v) is 15.3. The number of fused-ring (bicyclic) bond motifs is 10. The monoisotopic (exact) mass is 718 g/mol. The number of para-hydroxylation sites is 3. The quantitative estimate of drug-likeness (QED) is 0.182. The first-order valence-electron chi connectivity index (χ1n) is 18.6. The van der Waals surface area contributed by atoms with Gasteiger partial charge in [0.05, 0.1) is 27.8 Å². The van der Waals surface area contributed by atoms with Crippen LogP contribution in [0.25, 0.3) is 109 Å². The van der Waals surface area contributed by atoms with E-state index < -0.39 is 0 Å². The standard InChI is InChI=1S/C50H30N4S/c1-3-13-31(14-4-1)34-23-26-40-46(30-34)55-49-47(40)48(35-24-25-39-37-19-9-11-21-42(37)53(44(39)29-35)36-17-5-2-6-18-36)51-50(52-49)54-43-22-12-10-20-38(43)41-27-32-15-7-8-16-33(32)28-45(41)54/h1-30H. The van der Waals surface area contributed by atoms with Crippen LogP contribution >= 0.6 is 11.3 Å². The highest BCUT2D eigenvalue weighted by Gasteiger charge is 2.22. The molecule has 0 unspecified atom stereocenters. The number of thiophene rings is 1. The maximum Gasteiger partial charge on any atom is 0.236 e. The van der Waals surface area contributed by atoms with Crippen LogP contribution in [0.2, 0.25) is 0 Å². The Hall–Kier alpha value is -7.08. The van der Waals surface area contributed by atoms with Crippen molar-refractivity contribution in [3.8, 4) is 34.0 Å². The molecule has 0 atom stereocenters. The third kappa shape index (κ3) is 4.57. The van der Waals surface area contributed by atoms with Gasteiger partial charge in [0.25, 0.3) is 0 Å². The van der Waals surface area contributed by atoms with Crippen molar-refractivity contribution >= 4 is 86.0 Å². The van der Waals surface area contributed by atoms with Gasteiger partial charge in [0.1, 0.15) is 4.83 Å². The van der Waals surface area contributed by atoms with Crippen molar-refractivity contribution in [3.05, 3.63) is 182 Å². The molecule has 0 fully saturated rings. The molecule has 0 N–H and O–H groups in total. The lowest BCUT2D eigenvalue weighted by molar-refractivity contribution is 1.02. The van der Waals surface area contributed by atoms with E-state index in [0.29, 0.717) is 5.95 Å². The van der Waals surface area contributed by atoms with Gasteiger partial charge in [-0.15, -0.1) is 11.3 Å². The molecule has 55 heavy (non-hydrogen) atoms. The molecule has 0 aliphatic carbocycles. The molecule has 5 heteroatoms. The van der Waals surface area contributed by atoms with Crippen LogP contribution in [0.15, 0.2) is 182 Å². The summed E-state index contributed by atoms with van der Waals surface area (Å²) in [7, 11) is 0. The van der Waals surface area contributed by atoms with Crippen LogP contribution in [0, 0.1) is 0 Å². The molecule has 12 rings (SSSR count). The van der Waals surface area contributed by atoms with Crippen LogP contribution in [-0.4, -0.2) is 19.1 Å². The van der Waals surface area contributed by atoms with E-state index >= 15 is 0 Å². The molecule has 0 aliphatic heterocycles. The Morgan fingerprint density at radius 1 is 0.382 bits per heavy atom. The van der Waals surface area contributed by atoms with Gasteiger partial charge in [-0.2, -0.15) is 0 Å². The normalized spacial score (nSPS) is 12.0. The minimum absolute atomic E-state index is 0.669. The third-order valence-electron chi connectivity index (χ3n) is 11.1. The van der Waals surface area contributed by atoms with Crippen LogP contribution in [0.5, 0.6) is 0 Å². The average Bonchev–Trinajstić information content (AvgIpc) is 3.90. The van der Waals surface area contributed by atoms with Gasteiger partial charge in [-0.25, -0.2) is 9.97 Å². The van der Waals surface area contributed by atoms with E-state index in [1.165, 1.54) is 53.7 Å². The van der Waals surface area contributed by atoms with Crippen LogP contribution in [-0.2, 0) is 0 Å². The highest BCUT2D eigenvalue weighted by molar-refractivity contribution is 7.25. The fraction of sp³-hybridized carbons (Fsp3) is 0. The molecule has 0 bridgehead atoms. The lowest BCUT2D eigenvalue weighted by Gasteiger charge is -2.12. The van der Waals surface area contributed by atoms with E-state index in [0.717, 1.165) is 49.1 Å². The first-order chi connectivity index (χ1) is 27.3. The largest absolute Gasteiger partial charge is 0.309 e. The Morgan fingerprint density at radius 2 is 0.982 bits per heavy atom. The molecule has 0 saturated heterocycles. The van der Waals surface area contributed by atoms with E-state index in [-0.39, 0.29) is 0 Å². The highest BCUT2D eigenvalue weighted by Crippen LogP contribution is 2.43. The molecule has 0 amide bonds. The summed E-state index contributed by atoms with van der Waals surface area (Å²) in [6.45, 7) is 0. The van der Waals surface area contributed by atoms with Gasteiger partial charge >= 0.3 is 0 Å². The zero-order valence-electron chi connectivity index (χ0n) is 29.5. The van der Waals surface area contributed by atoms with Crippen LogP contribution in [0.3, 0.4) is 0 Å².